The van der Waals surface area contributed by atoms with E-state index in [-0.39, 0.29) is 20.5 Å². The van der Waals surface area contributed by atoms with E-state index in [0.29, 0.717) is 26.2 Å². The molecule has 178 valence electrons. The normalized spacial score (nSPS) is 12.1. The van der Waals surface area contributed by atoms with Gasteiger partial charge in [0.15, 0.2) is 15.5 Å². The molecular formula is C21H17FN2O6S4. The van der Waals surface area contributed by atoms with Crippen molar-refractivity contribution in [1.82, 2.24) is 4.98 Å². The maximum atomic E-state index is 13.6. The molecule has 2 aromatic carbocycles. The summed E-state index contributed by atoms with van der Waals surface area (Å²) in [7, 11) is -6.82. The predicted molar refractivity (Wildman–Crippen MR) is 129 cm³/mol. The number of carbonyl (C=O) groups excluding carboxylic acids is 1. The van der Waals surface area contributed by atoms with E-state index in [4.69, 9.17) is 0 Å². The Bertz CT molecular complexity index is 1660. The minimum absolute atomic E-state index is 0.0423. The summed E-state index contributed by atoms with van der Waals surface area (Å²) in [5.41, 5.74) is 0.684. The minimum atomic E-state index is -4.18. The van der Waals surface area contributed by atoms with Crippen LogP contribution >= 0.6 is 22.7 Å². The molecule has 2 heterocycles. The van der Waals surface area contributed by atoms with Gasteiger partial charge >= 0.3 is 5.97 Å². The van der Waals surface area contributed by atoms with Gasteiger partial charge < -0.3 is 4.74 Å². The van der Waals surface area contributed by atoms with Gasteiger partial charge in [0.1, 0.15) is 15.0 Å². The number of aryl methyl sites for hydroxylation is 1. The number of ether oxygens (including phenoxy) is 1. The van der Waals surface area contributed by atoms with Gasteiger partial charge in [-0.1, -0.05) is 0 Å². The smallest absolute Gasteiger partial charge is 0.357 e. The predicted octanol–water partition coefficient (Wildman–Crippen LogP) is 4.46. The summed E-state index contributed by atoms with van der Waals surface area (Å²) in [6.45, 7) is 1.56. The maximum absolute atomic E-state index is 13.6. The number of sulfonamides is 1. The molecule has 0 aliphatic carbocycles. The van der Waals surface area contributed by atoms with Crippen molar-refractivity contribution < 1.29 is 30.8 Å². The number of methoxy groups -OCH3 is 1. The number of aromatic nitrogens is 1. The van der Waals surface area contributed by atoms with Gasteiger partial charge in [-0.05, 0) is 54.3 Å². The van der Waals surface area contributed by atoms with Gasteiger partial charge in [0.05, 0.1) is 17.7 Å². The number of nitrogens with one attached hydrogen (secondary N) is 1. The van der Waals surface area contributed by atoms with Crippen LogP contribution in [-0.2, 0) is 24.6 Å². The van der Waals surface area contributed by atoms with E-state index in [1.54, 1.807) is 6.92 Å². The van der Waals surface area contributed by atoms with E-state index in [1.807, 2.05) is 0 Å². The van der Waals surface area contributed by atoms with Gasteiger partial charge in [-0.15, -0.1) is 22.7 Å². The number of hydrogen-bond acceptors (Lipinski definition) is 9. The molecule has 0 saturated carbocycles. The van der Waals surface area contributed by atoms with Crippen LogP contribution in [0.25, 0.3) is 20.7 Å². The number of fused-ring (bicyclic) bond motifs is 1. The zero-order chi connectivity index (χ0) is 24.8. The fourth-order valence-electron chi connectivity index (χ4n) is 3.27. The van der Waals surface area contributed by atoms with Crippen molar-refractivity contribution in [1.29, 1.82) is 0 Å². The number of sulfone groups is 1. The summed E-state index contributed by atoms with van der Waals surface area (Å²) < 4.78 is 72.5. The van der Waals surface area contributed by atoms with E-state index in [2.05, 4.69) is 14.4 Å². The Hall–Kier alpha value is -2.87. The molecule has 0 fully saturated rings. The summed E-state index contributed by atoms with van der Waals surface area (Å²) in [5, 5.41) is 2.31. The van der Waals surface area contributed by atoms with Crippen molar-refractivity contribution in [2.24, 2.45) is 0 Å². The zero-order valence-corrected chi connectivity index (χ0v) is 21.2. The molecule has 0 unspecified atom stereocenters. The van der Waals surface area contributed by atoms with E-state index in [9.17, 15) is 26.0 Å². The Balaban J connectivity index is 1.77. The van der Waals surface area contributed by atoms with E-state index < -0.39 is 31.6 Å². The molecule has 8 nitrogen and oxygen atoms in total. The van der Waals surface area contributed by atoms with Gasteiger partial charge in [0.25, 0.3) is 10.0 Å². The molecule has 0 saturated heterocycles. The van der Waals surface area contributed by atoms with Crippen LogP contribution in [0.2, 0.25) is 0 Å². The molecule has 4 aromatic rings. The highest BCUT2D eigenvalue weighted by Gasteiger charge is 2.25. The number of rotatable bonds is 6. The van der Waals surface area contributed by atoms with Crippen molar-refractivity contribution in [3.63, 3.8) is 0 Å². The Morgan fingerprint density at radius 2 is 1.85 bits per heavy atom. The second-order valence-electron chi connectivity index (χ2n) is 7.27. The lowest BCUT2D eigenvalue weighted by atomic mass is 10.2. The van der Waals surface area contributed by atoms with Gasteiger partial charge in [-0.25, -0.2) is 31.0 Å². The molecule has 0 amide bonds. The highest BCUT2D eigenvalue weighted by molar-refractivity contribution is 7.95. The molecule has 34 heavy (non-hydrogen) atoms. The van der Waals surface area contributed by atoms with Crippen LogP contribution in [-0.4, -0.2) is 41.2 Å². The second kappa shape index (κ2) is 8.73. The first-order valence-electron chi connectivity index (χ1n) is 9.50. The number of benzene rings is 2. The number of anilines is 1. The summed E-state index contributed by atoms with van der Waals surface area (Å²) >= 11 is 2.07. The average Bonchev–Trinajstić information content (AvgIpc) is 3.38. The highest BCUT2D eigenvalue weighted by Crippen LogP contribution is 2.37. The Labute approximate surface area is 203 Å². The molecule has 0 spiro atoms. The maximum Gasteiger partial charge on any atom is 0.357 e. The third kappa shape index (κ3) is 4.56. The molecule has 0 aliphatic rings. The first-order valence-corrected chi connectivity index (χ1v) is 14.6. The number of nitrogens with zero attached hydrogens (tertiary/aromatic N) is 1. The van der Waals surface area contributed by atoms with Gasteiger partial charge in [0, 0.05) is 21.9 Å². The Morgan fingerprint density at radius 3 is 2.53 bits per heavy atom. The highest BCUT2D eigenvalue weighted by atomic mass is 32.2. The van der Waals surface area contributed by atoms with Crippen molar-refractivity contribution in [3.8, 4) is 10.6 Å². The summed E-state index contributed by atoms with van der Waals surface area (Å²) in [5.74, 6) is -1.12. The number of esters is 1. The third-order valence-electron chi connectivity index (χ3n) is 4.87. The van der Waals surface area contributed by atoms with Crippen LogP contribution in [0.4, 0.5) is 10.1 Å². The molecule has 0 bridgehead atoms. The second-order valence-corrected chi connectivity index (χ2v) is 13.0. The van der Waals surface area contributed by atoms with Crippen LogP contribution in [0.1, 0.15) is 16.1 Å². The van der Waals surface area contributed by atoms with Gasteiger partial charge in [0.2, 0.25) is 0 Å². The monoisotopic (exact) mass is 540 g/mol. The van der Waals surface area contributed by atoms with Crippen LogP contribution in [0.15, 0.2) is 50.9 Å². The number of carbonyl (C=O) groups is 1. The van der Waals surface area contributed by atoms with Crippen LogP contribution < -0.4 is 4.72 Å². The van der Waals surface area contributed by atoms with Crippen LogP contribution in [0.3, 0.4) is 0 Å². The first-order chi connectivity index (χ1) is 15.9. The fraction of sp³-hybridized carbons (Fsp3) is 0.143. The summed E-state index contributed by atoms with van der Waals surface area (Å²) in [6, 6.07) is 8.11. The standard InChI is InChI=1S/C21H17FN2O6S4/c1-11-14-9-13(22)5-7-17(14)32-21(11)34(28,29)24-15-6-4-12(8-18(15)33(3,26)27)19-23-16(10-31-19)20(25)30-2/h4-10,24H,1-3H3. The van der Waals surface area contributed by atoms with Gasteiger partial charge in [-0.3, -0.25) is 4.72 Å². The number of hydrogen-bond donors (Lipinski definition) is 1. The lowest BCUT2D eigenvalue weighted by Gasteiger charge is -2.12. The zero-order valence-electron chi connectivity index (χ0n) is 17.9. The Kier molecular flexibility index (Phi) is 6.23. The summed E-state index contributed by atoms with van der Waals surface area (Å²) in [4.78, 5) is 15.6. The molecule has 2 aromatic heterocycles. The number of thiazole rings is 1. The molecule has 0 atom stereocenters. The van der Waals surface area contributed by atoms with Crippen molar-refractivity contribution in [2.45, 2.75) is 16.0 Å². The quantitative estimate of drug-likeness (QED) is 0.359. The van der Waals surface area contributed by atoms with E-state index in [1.165, 1.54) is 48.9 Å². The number of thiophene rings is 1. The topological polar surface area (TPSA) is 119 Å². The summed E-state index contributed by atoms with van der Waals surface area (Å²) in [6.07, 6.45) is 0.957. The van der Waals surface area contributed by atoms with E-state index in [0.717, 1.165) is 28.9 Å². The van der Waals surface area contributed by atoms with Gasteiger partial charge in [-0.2, -0.15) is 0 Å². The molecular weight excluding hydrogens is 524 g/mol. The SMILES string of the molecule is COC(=O)c1csc(-c2ccc(NS(=O)(=O)c3sc4ccc(F)cc4c3C)c(S(C)(=O)=O)c2)n1. The fourth-order valence-corrected chi connectivity index (χ4v) is 7.81. The van der Waals surface area contributed by atoms with E-state index >= 15 is 0 Å². The minimum Gasteiger partial charge on any atom is -0.464 e. The Morgan fingerprint density at radius 1 is 1.12 bits per heavy atom. The van der Waals surface area contributed by atoms with Crippen LogP contribution in [0.5, 0.6) is 0 Å². The van der Waals surface area contributed by atoms with Crippen molar-refractivity contribution >= 4 is 64.3 Å². The van der Waals surface area contributed by atoms with Crippen molar-refractivity contribution in [3.05, 3.63) is 58.9 Å². The molecule has 0 aliphatic heterocycles. The van der Waals surface area contributed by atoms with Crippen LogP contribution in [0, 0.1) is 12.7 Å². The molecule has 13 heteroatoms. The van der Waals surface area contributed by atoms with Crippen molar-refractivity contribution in [2.75, 3.05) is 18.1 Å². The number of halogens is 1. The molecule has 0 radical (unpaired) electrons. The average molecular weight is 541 g/mol. The third-order valence-corrected chi connectivity index (χ3v) is 10.2. The molecule has 4 rings (SSSR count). The molecule has 1 N–H and O–H groups in total. The largest absolute Gasteiger partial charge is 0.464 e. The lowest BCUT2D eigenvalue weighted by molar-refractivity contribution is 0.0595. The lowest BCUT2D eigenvalue weighted by Crippen LogP contribution is -2.15. The first kappa shape index (κ1) is 24.3.